The number of nitrogens with zero attached hydrogens (tertiary/aromatic N) is 1. The van der Waals surface area contributed by atoms with Gasteiger partial charge in [0.15, 0.2) is 0 Å². The van der Waals surface area contributed by atoms with Crippen molar-refractivity contribution in [2.45, 2.75) is 6.42 Å². The number of pyridine rings is 1. The molecule has 0 bridgehead atoms. The Hall–Kier alpha value is -2.36. The van der Waals surface area contributed by atoms with E-state index in [9.17, 15) is 0 Å². The lowest BCUT2D eigenvalue weighted by Gasteiger charge is -2.10. The van der Waals surface area contributed by atoms with Gasteiger partial charge in [-0.05, 0) is 29.8 Å². The van der Waals surface area contributed by atoms with Crippen LogP contribution in [0.15, 0.2) is 48.8 Å². The Morgan fingerprint density at radius 2 is 1.89 bits per heavy atom. The van der Waals surface area contributed by atoms with Gasteiger partial charge >= 0.3 is 0 Å². The fourth-order valence-corrected chi connectivity index (χ4v) is 1.64. The molecule has 0 radical (unpaired) electrons. The third-order valence-electron chi connectivity index (χ3n) is 2.57. The maximum absolute atomic E-state index is 7.47. The number of nitrogens with two attached hydrogens (primary N) is 1. The molecular weight excluding hydrogens is 226 g/mol. The van der Waals surface area contributed by atoms with Gasteiger partial charge in [-0.15, -0.1) is 0 Å². The van der Waals surface area contributed by atoms with E-state index in [4.69, 9.17) is 15.9 Å². The molecule has 0 atom stereocenters. The summed E-state index contributed by atoms with van der Waals surface area (Å²) >= 11 is 0. The number of rotatable bonds is 5. The van der Waals surface area contributed by atoms with E-state index in [2.05, 4.69) is 4.98 Å². The van der Waals surface area contributed by atoms with Crippen LogP contribution >= 0.6 is 0 Å². The molecule has 1 aromatic heterocycles. The zero-order valence-corrected chi connectivity index (χ0v) is 9.97. The lowest BCUT2D eigenvalue weighted by atomic mass is 10.2. The molecule has 0 saturated heterocycles. The van der Waals surface area contributed by atoms with Crippen molar-refractivity contribution in [3.8, 4) is 5.75 Å². The Morgan fingerprint density at radius 3 is 2.61 bits per heavy atom. The molecule has 2 rings (SSSR count). The fourth-order valence-electron chi connectivity index (χ4n) is 1.64. The van der Waals surface area contributed by atoms with Crippen molar-refractivity contribution in [3.05, 3.63) is 59.9 Å². The van der Waals surface area contributed by atoms with Crippen molar-refractivity contribution in [3.63, 3.8) is 0 Å². The van der Waals surface area contributed by atoms with Crippen molar-refractivity contribution in [2.24, 2.45) is 5.73 Å². The number of amidine groups is 1. The highest BCUT2D eigenvalue weighted by atomic mass is 16.5. The number of nitrogen functional groups attached to an aromatic ring is 1. The fraction of sp³-hybridized carbons (Fsp3) is 0.143. The molecule has 0 spiro atoms. The van der Waals surface area contributed by atoms with Gasteiger partial charge in [-0.1, -0.05) is 12.1 Å². The predicted octanol–water partition coefficient (Wildman–Crippen LogP) is 1.99. The summed E-state index contributed by atoms with van der Waals surface area (Å²) in [5.74, 6) is 0.675. The minimum absolute atomic E-state index is 0.0227. The van der Waals surface area contributed by atoms with Gasteiger partial charge in [-0.2, -0.15) is 0 Å². The lowest BCUT2D eigenvalue weighted by molar-refractivity contribution is 0.321. The highest BCUT2D eigenvalue weighted by Crippen LogP contribution is 2.17. The average Bonchev–Trinajstić information content (AvgIpc) is 2.40. The highest BCUT2D eigenvalue weighted by Gasteiger charge is 2.05. The Balaban J connectivity index is 1.97. The summed E-state index contributed by atoms with van der Waals surface area (Å²) in [6.45, 7) is 0.550. The number of para-hydroxylation sites is 1. The van der Waals surface area contributed by atoms with E-state index >= 15 is 0 Å². The second-order valence-corrected chi connectivity index (χ2v) is 3.86. The Bertz CT molecular complexity index is 526. The first-order chi connectivity index (χ1) is 8.77. The summed E-state index contributed by atoms with van der Waals surface area (Å²) in [6.07, 6.45) is 4.33. The van der Waals surface area contributed by atoms with Crippen molar-refractivity contribution in [2.75, 3.05) is 6.61 Å². The van der Waals surface area contributed by atoms with Gasteiger partial charge in [0.05, 0.1) is 12.2 Å². The predicted molar refractivity (Wildman–Crippen MR) is 70.9 cm³/mol. The van der Waals surface area contributed by atoms with E-state index in [1.807, 2.05) is 30.3 Å². The molecule has 92 valence electrons. The zero-order valence-electron chi connectivity index (χ0n) is 9.97. The van der Waals surface area contributed by atoms with E-state index < -0.39 is 0 Å². The van der Waals surface area contributed by atoms with Gasteiger partial charge < -0.3 is 10.5 Å². The summed E-state index contributed by atoms with van der Waals surface area (Å²) in [5, 5.41) is 7.47. The van der Waals surface area contributed by atoms with Crippen LogP contribution in [0.1, 0.15) is 11.1 Å². The molecule has 4 heteroatoms. The normalized spacial score (nSPS) is 10.0. The quantitative estimate of drug-likeness (QED) is 0.621. The SMILES string of the molecule is N=C(N)c1ccccc1OCCc1ccncc1. The maximum Gasteiger partial charge on any atom is 0.130 e. The molecule has 4 nitrogen and oxygen atoms in total. The van der Waals surface area contributed by atoms with Crippen LogP contribution in [0.3, 0.4) is 0 Å². The molecule has 0 amide bonds. The summed E-state index contributed by atoms with van der Waals surface area (Å²) in [6, 6.07) is 11.2. The van der Waals surface area contributed by atoms with Gasteiger partial charge in [-0.3, -0.25) is 10.4 Å². The minimum atomic E-state index is 0.0227. The van der Waals surface area contributed by atoms with E-state index in [1.54, 1.807) is 18.5 Å². The van der Waals surface area contributed by atoms with Crippen LogP contribution < -0.4 is 10.5 Å². The average molecular weight is 241 g/mol. The van der Waals surface area contributed by atoms with Crippen LogP contribution in [0.25, 0.3) is 0 Å². The standard InChI is InChI=1S/C14H15N3O/c15-14(16)12-3-1-2-4-13(12)18-10-7-11-5-8-17-9-6-11/h1-6,8-9H,7,10H2,(H3,15,16). The number of hydrogen-bond donors (Lipinski definition) is 2. The molecule has 18 heavy (non-hydrogen) atoms. The first-order valence-corrected chi connectivity index (χ1v) is 5.72. The molecule has 1 aromatic carbocycles. The largest absolute Gasteiger partial charge is 0.492 e. The Morgan fingerprint density at radius 1 is 1.17 bits per heavy atom. The van der Waals surface area contributed by atoms with Gasteiger partial charge in [0.25, 0.3) is 0 Å². The summed E-state index contributed by atoms with van der Waals surface area (Å²) in [7, 11) is 0. The molecule has 0 aliphatic carbocycles. The number of aromatic nitrogens is 1. The lowest BCUT2D eigenvalue weighted by Crippen LogP contribution is -2.13. The molecule has 3 N–H and O–H groups in total. The molecule has 2 aromatic rings. The zero-order chi connectivity index (χ0) is 12.8. The van der Waals surface area contributed by atoms with Crippen LogP contribution in [0.4, 0.5) is 0 Å². The second-order valence-electron chi connectivity index (χ2n) is 3.86. The molecule has 0 unspecified atom stereocenters. The van der Waals surface area contributed by atoms with E-state index in [0.717, 1.165) is 6.42 Å². The van der Waals surface area contributed by atoms with Crippen molar-refractivity contribution in [1.29, 1.82) is 5.41 Å². The number of hydrogen-bond acceptors (Lipinski definition) is 3. The third-order valence-corrected chi connectivity index (χ3v) is 2.57. The van der Waals surface area contributed by atoms with E-state index in [0.29, 0.717) is 17.9 Å². The van der Waals surface area contributed by atoms with Crippen LogP contribution in [-0.4, -0.2) is 17.4 Å². The number of ether oxygens (including phenoxy) is 1. The van der Waals surface area contributed by atoms with Crippen LogP contribution in [0, 0.1) is 5.41 Å². The topological polar surface area (TPSA) is 72.0 Å². The second kappa shape index (κ2) is 5.82. The summed E-state index contributed by atoms with van der Waals surface area (Å²) in [5.41, 5.74) is 7.30. The van der Waals surface area contributed by atoms with E-state index in [-0.39, 0.29) is 5.84 Å². The van der Waals surface area contributed by atoms with Crippen LogP contribution in [0.2, 0.25) is 0 Å². The third kappa shape index (κ3) is 3.07. The monoisotopic (exact) mass is 241 g/mol. The first kappa shape index (κ1) is 12.1. The molecule has 0 fully saturated rings. The Kier molecular flexibility index (Phi) is 3.91. The van der Waals surface area contributed by atoms with Crippen LogP contribution in [0.5, 0.6) is 5.75 Å². The summed E-state index contributed by atoms with van der Waals surface area (Å²) in [4.78, 5) is 3.96. The van der Waals surface area contributed by atoms with E-state index in [1.165, 1.54) is 5.56 Å². The minimum Gasteiger partial charge on any atom is -0.492 e. The van der Waals surface area contributed by atoms with Crippen molar-refractivity contribution < 1.29 is 4.74 Å². The number of nitrogens with one attached hydrogen (secondary N) is 1. The van der Waals surface area contributed by atoms with Gasteiger partial charge in [0.1, 0.15) is 11.6 Å². The van der Waals surface area contributed by atoms with Gasteiger partial charge in [-0.25, -0.2) is 0 Å². The molecular formula is C14H15N3O. The first-order valence-electron chi connectivity index (χ1n) is 5.72. The highest BCUT2D eigenvalue weighted by molar-refractivity contribution is 5.97. The van der Waals surface area contributed by atoms with Gasteiger partial charge in [0, 0.05) is 18.8 Å². The number of benzene rings is 1. The maximum atomic E-state index is 7.47. The molecule has 0 aliphatic heterocycles. The Labute approximate surface area is 106 Å². The van der Waals surface area contributed by atoms with Crippen LogP contribution in [-0.2, 0) is 6.42 Å². The molecule has 1 heterocycles. The smallest absolute Gasteiger partial charge is 0.130 e. The molecule has 0 aliphatic rings. The van der Waals surface area contributed by atoms with Gasteiger partial charge in [0.2, 0.25) is 0 Å². The summed E-state index contributed by atoms with van der Waals surface area (Å²) < 4.78 is 5.66. The van der Waals surface area contributed by atoms with Crippen molar-refractivity contribution >= 4 is 5.84 Å². The van der Waals surface area contributed by atoms with Crippen molar-refractivity contribution in [1.82, 2.24) is 4.98 Å². The molecule has 0 saturated carbocycles.